The molecule has 5 nitrogen and oxygen atoms in total. The first kappa shape index (κ1) is 13.8. The number of hydrogen-bond donors (Lipinski definition) is 2. The summed E-state index contributed by atoms with van der Waals surface area (Å²) < 4.78 is 0. The molecule has 1 amide bonds. The van der Waals surface area contributed by atoms with Gasteiger partial charge in [0.25, 0.3) is 5.91 Å². The number of rotatable bonds is 4. The summed E-state index contributed by atoms with van der Waals surface area (Å²) in [7, 11) is 0. The molecule has 1 aromatic heterocycles. The highest BCUT2D eigenvalue weighted by molar-refractivity contribution is 6.01. The monoisotopic (exact) mass is 291 g/mol. The van der Waals surface area contributed by atoms with Gasteiger partial charge >= 0.3 is 5.82 Å². The van der Waals surface area contributed by atoms with Crippen LogP contribution < -0.4 is 10.4 Å². The van der Waals surface area contributed by atoms with Gasteiger partial charge < -0.3 is 0 Å². The van der Waals surface area contributed by atoms with E-state index >= 15 is 0 Å². The quantitative estimate of drug-likeness (QED) is 0.725. The molecule has 0 aliphatic rings. The van der Waals surface area contributed by atoms with Crippen molar-refractivity contribution < 1.29 is 9.89 Å². The van der Waals surface area contributed by atoms with E-state index in [1.807, 2.05) is 42.5 Å². The van der Waals surface area contributed by atoms with Crippen LogP contribution in [0.3, 0.4) is 0 Å². The van der Waals surface area contributed by atoms with Gasteiger partial charge in [0.2, 0.25) is 0 Å². The number of nitrogens with zero attached hydrogens (tertiary/aromatic N) is 1. The topological polar surface area (TPSA) is 71.9 Å². The number of carbonyl (C=O) groups is 1. The Morgan fingerprint density at radius 3 is 2.45 bits per heavy atom. The van der Waals surface area contributed by atoms with Gasteiger partial charge in [0.15, 0.2) is 6.20 Å². The van der Waals surface area contributed by atoms with Crippen LogP contribution in [0.25, 0.3) is 17.2 Å². The van der Waals surface area contributed by atoms with Gasteiger partial charge in [-0.25, -0.2) is 0 Å². The Morgan fingerprint density at radius 2 is 1.77 bits per heavy atom. The maximum atomic E-state index is 11.7. The molecular weight excluding hydrogens is 276 g/mol. The zero-order valence-corrected chi connectivity index (χ0v) is 11.8. The Labute approximate surface area is 127 Å². The summed E-state index contributed by atoms with van der Waals surface area (Å²) in [6.07, 6.45) is 4.81. The smallest absolute Gasteiger partial charge is 0.281 e. The lowest BCUT2D eigenvalue weighted by molar-refractivity contribution is -0.454. The fourth-order valence-electron chi connectivity index (χ4n) is 2.05. The van der Waals surface area contributed by atoms with E-state index in [1.54, 1.807) is 12.3 Å². The number of hydrogen-bond acceptors (Lipinski definition) is 2. The van der Waals surface area contributed by atoms with Crippen LogP contribution >= 0.6 is 0 Å². The highest BCUT2D eigenvalue weighted by atomic mass is 16.1. The number of H-pyrrole nitrogens is 2. The molecule has 0 atom stereocenters. The molecule has 108 valence electrons. The van der Waals surface area contributed by atoms with Gasteiger partial charge in [-0.05, 0) is 22.8 Å². The van der Waals surface area contributed by atoms with Crippen molar-refractivity contribution in [3.63, 3.8) is 0 Å². The summed E-state index contributed by atoms with van der Waals surface area (Å²) in [5.74, 6) is 0.224. The lowest BCUT2D eigenvalue weighted by Crippen LogP contribution is -2.08. The number of aromatic nitrogens is 3. The third kappa shape index (κ3) is 3.46. The molecule has 3 N–H and O–H groups in total. The van der Waals surface area contributed by atoms with Gasteiger partial charge in [0.05, 0.1) is 5.10 Å². The van der Waals surface area contributed by atoms with E-state index in [-0.39, 0.29) is 5.91 Å². The predicted molar refractivity (Wildman–Crippen MR) is 84.7 cm³/mol. The zero-order valence-electron chi connectivity index (χ0n) is 11.8. The number of aromatic amines is 2. The molecule has 2 aromatic carbocycles. The highest BCUT2D eigenvalue weighted by Crippen LogP contribution is 2.19. The lowest BCUT2D eigenvalue weighted by Gasteiger charge is -2.01. The standard InChI is InChI=1S/C17H14N4O/c22-17(19-16-12-18-21-20-16)11-8-13-6-9-15(10-7-13)14-4-2-1-3-5-14/h1-12H,(H2,18,19,20,21,22)/p+1. The highest BCUT2D eigenvalue weighted by Gasteiger charge is 2.05. The molecule has 0 saturated carbocycles. The van der Waals surface area contributed by atoms with Crippen LogP contribution in [0.1, 0.15) is 5.56 Å². The van der Waals surface area contributed by atoms with Crippen molar-refractivity contribution >= 4 is 17.8 Å². The average molecular weight is 291 g/mol. The Balaban J connectivity index is 1.66. The van der Waals surface area contributed by atoms with Crippen LogP contribution in [0.5, 0.6) is 0 Å². The number of nitrogens with one attached hydrogen (secondary N) is 3. The maximum Gasteiger partial charge on any atom is 0.314 e. The van der Waals surface area contributed by atoms with E-state index in [4.69, 9.17) is 0 Å². The van der Waals surface area contributed by atoms with Crippen LogP contribution in [0, 0.1) is 0 Å². The molecule has 0 fully saturated rings. The van der Waals surface area contributed by atoms with E-state index in [2.05, 4.69) is 32.9 Å². The van der Waals surface area contributed by atoms with Crippen LogP contribution in [-0.4, -0.2) is 16.2 Å². The molecule has 0 spiro atoms. The Hall–Kier alpha value is -3.21. The predicted octanol–water partition coefficient (Wildman–Crippen LogP) is 2.54. The summed E-state index contributed by atoms with van der Waals surface area (Å²) in [6, 6.07) is 18.2. The summed E-state index contributed by atoms with van der Waals surface area (Å²) in [4.78, 5) is 11.7. The number of benzene rings is 2. The first-order valence-electron chi connectivity index (χ1n) is 6.87. The molecule has 0 aliphatic carbocycles. The Bertz CT molecular complexity index is 762. The minimum absolute atomic E-state index is 0.229. The van der Waals surface area contributed by atoms with Crippen molar-refractivity contribution in [2.75, 3.05) is 5.32 Å². The Morgan fingerprint density at radius 1 is 1.05 bits per heavy atom. The van der Waals surface area contributed by atoms with Gasteiger partial charge in [-0.3, -0.25) is 10.1 Å². The molecule has 1 heterocycles. The maximum absolute atomic E-state index is 11.7. The van der Waals surface area contributed by atoms with Crippen molar-refractivity contribution in [3.05, 3.63) is 72.4 Å². The fourth-order valence-corrected chi connectivity index (χ4v) is 2.05. The summed E-state index contributed by atoms with van der Waals surface area (Å²) in [5.41, 5.74) is 3.28. The van der Waals surface area contributed by atoms with Crippen molar-refractivity contribution in [3.8, 4) is 11.1 Å². The normalized spacial score (nSPS) is 10.7. The van der Waals surface area contributed by atoms with Crippen LogP contribution in [-0.2, 0) is 4.79 Å². The number of anilines is 1. The van der Waals surface area contributed by atoms with E-state index in [0.717, 1.165) is 11.1 Å². The zero-order chi connectivity index (χ0) is 15.2. The summed E-state index contributed by atoms with van der Waals surface area (Å²) >= 11 is 0. The molecule has 0 saturated heterocycles. The number of carbonyl (C=O) groups excluding carboxylic acids is 1. The van der Waals surface area contributed by atoms with Gasteiger partial charge in [-0.15, -0.1) is 0 Å². The van der Waals surface area contributed by atoms with Gasteiger partial charge in [0.1, 0.15) is 0 Å². The molecule has 3 aromatic rings. The Kier molecular flexibility index (Phi) is 4.06. The number of amides is 1. The van der Waals surface area contributed by atoms with Crippen LogP contribution in [0.4, 0.5) is 5.82 Å². The molecule has 0 radical (unpaired) electrons. The summed E-state index contributed by atoms with van der Waals surface area (Å²) in [5, 5.41) is 11.6. The van der Waals surface area contributed by atoms with Crippen LogP contribution in [0.15, 0.2) is 66.9 Å². The van der Waals surface area contributed by atoms with E-state index in [0.29, 0.717) is 5.82 Å². The van der Waals surface area contributed by atoms with E-state index in [9.17, 15) is 4.79 Å². The van der Waals surface area contributed by atoms with E-state index < -0.39 is 0 Å². The third-order valence-electron chi connectivity index (χ3n) is 3.15. The van der Waals surface area contributed by atoms with Crippen molar-refractivity contribution in [2.24, 2.45) is 0 Å². The second-order valence-electron chi connectivity index (χ2n) is 4.71. The van der Waals surface area contributed by atoms with Crippen LogP contribution in [0.2, 0.25) is 0 Å². The summed E-state index contributed by atoms with van der Waals surface area (Å²) in [6.45, 7) is 0. The molecular formula is C17H15N4O+. The fraction of sp³-hybridized carbons (Fsp3) is 0. The molecule has 3 rings (SSSR count). The van der Waals surface area contributed by atoms with E-state index in [1.165, 1.54) is 11.6 Å². The van der Waals surface area contributed by atoms with Crippen molar-refractivity contribution in [1.29, 1.82) is 0 Å². The second-order valence-corrected chi connectivity index (χ2v) is 4.71. The lowest BCUT2D eigenvalue weighted by atomic mass is 10.0. The largest absolute Gasteiger partial charge is 0.314 e. The first-order chi connectivity index (χ1) is 10.8. The third-order valence-corrected chi connectivity index (χ3v) is 3.15. The minimum atomic E-state index is -0.229. The van der Waals surface area contributed by atoms with Crippen molar-refractivity contribution in [2.45, 2.75) is 0 Å². The van der Waals surface area contributed by atoms with Gasteiger partial charge in [-0.1, -0.05) is 59.8 Å². The molecule has 0 bridgehead atoms. The molecule has 5 heteroatoms. The minimum Gasteiger partial charge on any atom is -0.281 e. The average Bonchev–Trinajstić information content (AvgIpc) is 3.07. The molecule has 22 heavy (non-hydrogen) atoms. The van der Waals surface area contributed by atoms with Gasteiger partial charge in [0, 0.05) is 6.08 Å². The van der Waals surface area contributed by atoms with Gasteiger partial charge in [-0.2, -0.15) is 5.10 Å². The second kappa shape index (κ2) is 6.49. The first-order valence-corrected chi connectivity index (χ1v) is 6.87. The van der Waals surface area contributed by atoms with Crippen molar-refractivity contribution in [1.82, 2.24) is 10.3 Å². The molecule has 0 aliphatic heterocycles. The molecule has 0 unspecified atom stereocenters. The SMILES string of the molecule is O=C(C=Cc1ccc(-c2ccccc2)cc1)Nc1c[nH+][nH]n1.